The number of carbonyl (C=O) groups excluding carboxylic acids is 1. The fraction of sp³-hybridized carbons (Fsp3) is 0.276. The van der Waals surface area contributed by atoms with Crippen molar-refractivity contribution in [1.29, 1.82) is 0 Å². The predicted octanol–water partition coefficient (Wildman–Crippen LogP) is 4.50. The number of fused-ring (bicyclic) bond motifs is 3. The van der Waals surface area contributed by atoms with Crippen molar-refractivity contribution >= 4 is 39.1 Å². The van der Waals surface area contributed by atoms with Crippen molar-refractivity contribution in [3.8, 4) is 5.69 Å². The number of rotatable bonds is 5. The number of amides is 1. The Morgan fingerprint density at radius 1 is 1.08 bits per heavy atom. The van der Waals surface area contributed by atoms with Crippen LogP contribution in [0.1, 0.15) is 18.4 Å². The first kappa shape index (κ1) is 23.8. The van der Waals surface area contributed by atoms with Gasteiger partial charge in [0.1, 0.15) is 0 Å². The van der Waals surface area contributed by atoms with E-state index in [4.69, 9.17) is 0 Å². The molecule has 36 heavy (non-hydrogen) atoms. The molecule has 2 aromatic carbocycles. The number of benzene rings is 2. The molecule has 0 radical (unpaired) electrons. The van der Waals surface area contributed by atoms with Crippen LogP contribution in [0.2, 0.25) is 0 Å². The van der Waals surface area contributed by atoms with Gasteiger partial charge in [-0.1, -0.05) is 12.6 Å². The van der Waals surface area contributed by atoms with Crippen LogP contribution >= 0.6 is 0 Å². The molecule has 1 N–H and O–H groups in total. The molecule has 1 fully saturated rings. The number of aryl methyl sites for hydroxylation is 1. The van der Waals surface area contributed by atoms with Crippen LogP contribution in [0.15, 0.2) is 72.2 Å². The number of hydrogen-bond acceptors (Lipinski definition) is 5. The first-order valence-corrected chi connectivity index (χ1v) is 12.3. The Bertz CT molecular complexity index is 1530. The maximum atomic E-state index is 13.3. The number of anilines is 2. The molecule has 0 spiro atoms. The van der Waals surface area contributed by atoms with Crippen molar-refractivity contribution < 1.29 is 4.79 Å². The summed E-state index contributed by atoms with van der Waals surface area (Å²) in [7, 11) is 4.29. The minimum Gasteiger partial charge on any atom is -0.371 e. The van der Waals surface area contributed by atoms with Crippen molar-refractivity contribution in [1.82, 2.24) is 14.5 Å². The molecule has 0 saturated carbocycles. The monoisotopic (exact) mass is 481 g/mol. The zero-order valence-corrected chi connectivity index (χ0v) is 21.0. The number of hydrogen-bond donors (Lipinski definition) is 1. The zero-order chi connectivity index (χ0) is 25.4. The predicted molar refractivity (Wildman–Crippen MR) is 147 cm³/mol. The molecule has 3 heterocycles. The van der Waals surface area contributed by atoms with E-state index < -0.39 is 0 Å². The second-order valence-corrected chi connectivity index (χ2v) is 9.65. The maximum Gasteiger partial charge on any atom is 0.255 e. The smallest absolute Gasteiger partial charge is 0.255 e. The molecule has 0 aliphatic carbocycles. The first-order chi connectivity index (χ1) is 17.4. The van der Waals surface area contributed by atoms with E-state index in [0.29, 0.717) is 17.4 Å². The summed E-state index contributed by atoms with van der Waals surface area (Å²) in [6, 6.07) is 16.0. The van der Waals surface area contributed by atoms with Gasteiger partial charge in [-0.15, -0.1) is 0 Å². The second kappa shape index (κ2) is 9.59. The molecular weight excluding hydrogens is 450 g/mol. The molecule has 2 aromatic heterocycles. The minimum atomic E-state index is -0.294. The van der Waals surface area contributed by atoms with Crippen LogP contribution in [-0.2, 0) is 4.79 Å². The van der Waals surface area contributed by atoms with Gasteiger partial charge in [-0.2, -0.15) is 0 Å². The van der Waals surface area contributed by atoms with E-state index in [1.807, 2.05) is 43.5 Å². The topological polar surface area (TPSA) is 70.5 Å². The van der Waals surface area contributed by atoms with Gasteiger partial charge in [0, 0.05) is 53.5 Å². The third-order valence-electron chi connectivity index (χ3n) is 7.18. The molecule has 5 rings (SSSR count). The molecule has 184 valence electrons. The van der Waals surface area contributed by atoms with Gasteiger partial charge in [-0.3, -0.25) is 19.1 Å². The molecular formula is C29H31N5O2. The first-order valence-electron chi connectivity index (χ1n) is 12.3. The normalized spacial score (nSPS) is 14.5. The van der Waals surface area contributed by atoms with E-state index in [2.05, 4.69) is 52.9 Å². The molecule has 4 aromatic rings. The quantitative estimate of drug-likeness (QED) is 0.336. The lowest BCUT2D eigenvalue weighted by Crippen LogP contribution is -2.41. The molecule has 1 aliphatic heterocycles. The minimum absolute atomic E-state index is 0.142. The van der Waals surface area contributed by atoms with Gasteiger partial charge in [0.25, 0.3) is 5.56 Å². The number of nitrogens with one attached hydrogen (secondary N) is 1. The Labute approximate surface area is 210 Å². The Hall–Kier alpha value is -3.97. The summed E-state index contributed by atoms with van der Waals surface area (Å²) in [5.74, 6) is -0.294. The summed E-state index contributed by atoms with van der Waals surface area (Å²) >= 11 is 0. The summed E-state index contributed by atoms with van der Waals surface area (Å²) in [5, 5.41) is 4.65. The Kier molecular flexibility index (Phi) is 6.33. The second-order valence-electron chi connectivity index (χ2n) is 9.65. The lowest BCUT2D eigenvalue weighted by molar-refractivity contribution is -0.111. The number of piperidine rings is 1. The van der Waals surface area contributed by atoms with E-state index >= 15 is 0 Å². The highest BCUT2D eigenvalue weighted by atomic mass is 16.1. The summed E-state index contributed by atoms with van der Waals surface area (Å²) in [4.78, 5) is 34.6. The Morgan fingerprint density at radius 3 is 2.56 bits per heavy atom. The van der Waals surface area contributed by atoms with Gasteiger partial charge < -0.3 is 15.1 Å². The van der Waals surface area contributed by atoms with E-state index in [0.717, 1.165) is 59.0 Å². The highest BCUT2D eigenvalue weighted by Gasteiger charge is 2.21. The third-order valence-corrected chi connectivity index (χ3v) is 7.18. The number of pyridine rings is 2. The summed E-state index contributed by atoms with van der Waals surface area (Å²) in [6.07, 6.45) is 5.28. The molecule has 7 heteroatoms. The lowest BCUT2D eigenvalue weighted by Gasteiger charge is -2.36. The van der Waals surface area contributed by atoms with Crippen molar-refractivity contribution in [3.05, 3.63) is 83.3 Å². The van der Waals surface area contributed by atoms with Crippen LogP contribution in [0.4, 0.5) is 11.4 Å². The lowest BCUT2D eigenvalue weighted by atomic mass is 10.0. The van der Waals surface area contributed by atoms with E-state index in [1.165, 1.54) is 6.08 Å². The van der Waals surface area contributed by atoms with Crippen LogP contribution in [0.3, 0.4) is 0 Å². The molecule has 0 bridgehead atoms. The molecule has 0 unspecified atom stereocenters. The van der Waals surface area contributed by atoms with Crippen LogP contribution in [0.5, 0.6) is 0 Å². The highest BCUT2D eigenvalue weighted by molar-refractivity contribution is 6.05. The van der Waals surface area contributed by atoms with Crippen LogP contribution in [0, 0.1) is 6.92 Å². The Morgan fingerprint density at radius 2 is 1.83 bits per heavy atom. The fourth-order valence-electron chi connectivity index (χ4n) is 5.06. The molecule has 0 atom stereocenters. The van der Waals surface area contributed by atoms with E-state index in [9.17, 15) is 9.59 Å². The van der Waals surface area contributed by atoms with Crippen molar-refractivity contribution in [2.24, 2.45) is 0 Å². The summed E-state index contributed by atoms with van der Waals surface area (Å²) in [5.41, 5.74) is 4.86. The van der Waals surface area contributed by atoms with Gasteiger partial charge in [-0.05, 0) is 81.9 Å². The number of aromatic nitrogens is 2. The maximum absolute atomic E-state index is 13.3. The largest absolute Gasteiger partial charge is 0.371 e. The van der Waals surface area contributed by atoms with Crippen molar-refractivity contribution in [3.63, 3.8) is 0 Å². The van der Waals surface area contributed by atoms with Gasteiger partial charge in [0.15, 0.2) is 0 Å². The molecule has 1 aliphatic rings. The standard InChI is InChI=1S/C29H31N5O2/c1-5-27(35)31-26-17-23(8-6-19(26)2)34-28(36)11-7-20-18-30-25-10-9-22(16-24(25)29(20)34)33-14-12-21(13-15-33)32(3)4/h5-11,16-18,21H,1,12-15H2,2-4H3,(H,31,35). The Balaban J connectivity index is 1.66. The SMILES string of the molecule is C=CC(=O)Nc1cc(-n2c(=O)ccc3cnc4ccc(N5CCC(N(C)C)CC5)cc4c32)ccc1C. The van der Waals surface area contributed by atoms with Gasteiger partial charge >= 0.3 is 0 Å². The van der Waals surface area contributed by atoms with Gasteiger partial charge in [-0.25, -0.2) is 0 Å². The number of carbonyl (C=O) groups is 1. The van der Waals surface area contributed by atoms with Crippen molar-refractivity contribution in [2.75, 3.05) is 37.4 Å². The van der Waals surface area contributed by atoms with Gasteiger partial charge in [0.05, 0.1) is 16.7 Å². The molecule has 1 saturated heterocycles. The number of nitrogens with zero attached hydrogens (tertiary/aromatic N) is 4. The molecule has 7 nitrogen and oxygen atoms in total. The summed E-state index contributed by atoms with van der Waals surface area (Å²) < 4.78 is 1.71. The zero-order valence-electron chi connectivity index (χ0n) is 21.0. The van der Waals surface area contributed by atoms with Crippen molar-refractivity contribution in [2.45, 2.75) is 25.8 Å². The summed E-state index contributed by atoms with van der Waals surface area (Å²) in [6.45, 7) is 7.43. The van der Waals surface area contributed by atoms with Crippen LogP contribution in [0.25, 0.3) is 27.5 Å². The fourth-order valence-corrected chi connectivity index (χ4v) is 5.06. The van der Waals surface area contributed by atoms with Gasteiger partial charge in [0.2, 0.25) is 5.91 Å². The van der Waals surface area contributed by atoms with Crippen LogP contribution in [-0.4, -0.2) is 53.6 Å². The third kappa shape index (κ3) is 4.38. The average Bonchev–Trinajstić information content (AvgIpc) is 2.89. The highest BCUT2D eigenvalue weighted by Crippen LogP contribution is 2.31. The molecule has 1 amide bonds. The van der Waals surface area contributed by atoms with E-state index in [1.54, 1.807) is 10.6 Å². The van der Waals surface area contributed by atoms with Crippen LogP contribution < -0.4 is 15.8 Å². The van der Waals surface area contributed by atoms with E-state index in [-0.39, 0.29) is 11.5 Å². The average molecular weight is 482 g/mol.